The molecule has 43 heavy (non-hydrogen) atoms. The number of aryl methyl sites for hydroxylation is 3. The maximum absolute atomic E-state index is 13.7. The molecule has 1 N–H and O–H groups in total. The smallest absolute Gasteiger partial charge is 0.410 e. The van der Waals surface area contributed by atoms with Crippen LogP contribution in [0.4, 0.5) is 18.0 Å². The largest absolute Gasteiger partial charge is 0.491 e. The number of halogens is 3. The molecule has 2 aromatic carbocycles. The number of likely N-dealkylation sites (tertiary alicyclic amines) is 1. The molecular formula is C33H38F3N3O4. The molecule has 1 aromatic heterocycles. The van der Waals surface area contributed by atoms with E-state index in [4.69, 9.17) is 9.47 Å². The maximum atomic E-state index is 13.7. The summed E-state index contributed by atoms with van der Waals surface area (Å²) in [7, 11) is 0. The summed E-state index contributed by atoms with van der Waals surface area (Å²) in [6, 6.07) is 12.5. The van der Waals surface area contributed by atoms with Gasteiger partial charge >= 0.3 is 12.3 Å². The lowest BCUT2D eigenvalue weighted by molar-refractivity contribution is -0.134. The Kier molecular flexibility index (Phi) is 8.09. The van der Waals surface area contributed by atoms with Crippen molar-refractivity contribution >= 4 is 22.9 Å². The normalized spacial score (nSPS) is 17.8. The van der Waals surface area contributed by atoms with E-state index in [1.165, 1.54) is 0 Å². The van der Waals surface area contributed by atoms with Gasteiger partial charge in [0.25, 0.3) is 5.91 Å². The molecule has 230 valence electrons. The van der Waals surface area contributed by atoms with Crippen LogP contribution in [0.3, 0.4) is 0 Å². The van der Waals surface area contributed by atoms with Crippen molar-refractivity contribution in [1.82, 2.24) is 15.2 Å². The molecular weight excluding hydrogens is 559 g/mol. The molecule has 2 amide bonds. The van der Waals surface area contributed by atoms with Crippen molar-refractivity contribution in [2.75, 3.05) is 13.2 Å². The number of hydrogen-bond acceptors (Lipinski definition) is 5. The summed E-state index contributed by atoms with van der Waals surface area (Å²) in [6.07, 6.45) is -3.58. The lowest BCUT2D eigenvalue weighted by atomic mass is 9.94. The Morgan fingerprint density at radius 3 is 2.44 bits per heavy atom. The highest BCUT2D eigenvalue weighted by Crippen LogP contribution is 2.48. The lowest BCUT2D eigenvalue weighted by Crippen LogP contribution is -2.55. The molecule has 0 unspecified atom stereocenters. The molecule has 1 saturated heterocycles. The number of aromatic nitrogens is 1. The van der Waals surface area contributed by atoms with Crippen LogP contribution < -0.4 is 10.1 Å². The van der Waals surface area contributed by atoms with Gasteiger partial charge in [-0.3, -0.25) is 9.78 Å². The van der Waals surface area contributed by atoms with E-state index >= 15 is 0 Å². The highest BCUT2D eigenvalue weighted by Gasteiger charge is 2.47. The second-order valence-corrected chi connectivity index (χ2v) is 12.7. The first kappa shape index (κ1) is 30.6. The van der Waals surface area contributed by atoms with Gasteiger partial charge in [0.05, 0.1) is 17.1 Å². The van der Waals surface area contributed by atoms with Crippen LogP contribution in [0, 0.1) is 13.8 Å². The molecule has 2 fully saturated rings. The number of amides is 2. The zero-order valence-corrected chi connectivity index (χ0v) is 25.2. The second-order valence-electron chi connectivity index (χ2n) is 12.7. The van der Waals surface area contributed by atoms with Gasteiger partial charge in [-0.25, -0.2) is 4.79 Å². The number of alkyl halides is 3. The van der Waals surface area contributed by atoms with Gasteiger partial charge in [0.15, 0.2) is 0 Å². The van der Waals surface area contributed by atoms with Crippen LogP contribution in [0.5, 0.6) is 5.75 Å². The van der Waals surface area contributed by atoms with E-state index in [-0.39, 0.29) is 31.1 Å². The quantitative estimate of drug-likeness (QED) is 0.298. The minimum Gasteiger partial charge on any atom is -0.491 e. The Labute approximate surface area is 249 Å². The van der Waals surface area contributed by atoms with Gasteiger partial charge in [-0.05, 0) is 101 Å². The van der Waals surface area contributed by atoms with Crippen LogP contribution in [0.15, 0.2) is 42.5 Å². The molecule has 7 nitrogen and oxygen atoms in total. The molecule has 1 saturated carbocycles. The average Bonchev–Trinajstić information content (AvgIpc) is 3.65. The number of pyridine rings is 1. The van der Waals surface area contributed by atoms with Gasteiger partial charge in [-0.1, -0.05) is 18.2 Å². The van der Waals surface area contributed by atoms with Crippen molar-refractivity contribution in [2.24, 2.45) is 0 Å². The molecule has 0 bridgehead atoms. The Bertz CT molecular complexity index is 1540. The van der Waals surface area contributed by atoms with Crippen molar-refractivity contribution in [3.63, 3.8) is 0 Å². The SMILES string of the molecule is Cc1ccc2c(C3(NC(=O)c4cc(OC[C@@H]5CCN5C(=O)OC(C)(C)C)ccc4C)CC3)cc(CCC(F)(F)F)cc2n1. The molecule has 1 atom stereocenters. The third kappa shape index (κ3) is 7.22. The molecule has 1 aliphatic carbocycles. The van der Waals surface area contributed by atoms with E-state index in [2.05, 4.69) is 10.3 Å². The van der Waals surface area contributed by atoms with Crippen LogP contribution in [0.25, 0.3) is 10.9 Å². The minimum absolute atomic E-state index is 0.113. The fourth-order valence-electron chi connectivity index (χ4n) is 5.40. The third-order valence-corrected chi connectivity index (χ3v) is 7.99. The van der Waals surface area contributed by atoms with Crippen LogP contribution in [-0.2, 0) is 16.7 Å². The number of fused-ring (bicyclic) bond motifs is 1. The topological polar surface area (TPSA) is 80.8 Å². The van der Waals surface area contributed by atoms with Crippen LogP contribution >= 0.6 is 0 Å². The first-order valence-electron chi connectivity index (χ1n) is 14.7. The van der Waals surface area contributed by atoms with Crippen molar-refractivity contribution < 1.29 is 32.2 Å². The van der Waals surface area contributed by atoms with Crippen LogP contribution in [0.2, 0.25) is 0 Å². The van der Waals surface area contributed by atoms with Crippen LogP contribution in [0.1, 0.15) is 79.2 Å². The summed E-state index contributed by atoms with van der Waals surface area (Å²) in [5.41, 5.74) is 2.67. The summed E-state index contributed by atoms with van der Waals surface area (Å²) < 4.78 is 50.6. The summed E-state index contributed by atoms with van der Waals surface area (Å²) in [5.74, 6) is 0.226. The Morgan fingerprint density at radius 1 is 1.07 bits per heavy atom. The van der Waals surface area contributed by atoms with E-state index in [1.54, 1.807) is 29.2 Å². The molecule has 1 aliphatic heterocycles. The van der Waals surface area contributed by atoms with E-state index in [0.717, 1.165) is 28.6 Å². The summed E-state index contributed by atoms with van der Waals surface area (Å²) in [5, 5.41) is 4.01. The second kappa shape index (κ2) is 11.4. The summed E-state index contributed by atoms with van der Waals surface area (Å²) >= 11 is 0. The number of ether oxygens (including phenoxy) is 2. The first-order valence-corrected chi connectivity index (χ1v) is 14.7. The molecule has 2 aliphatic rings. The molecule has 5 rings (SSSR count). The maximum Gasteiger partial charge on any atom is 0.410 e. The fraction of sp³-hybridized carbons (Fsp3) is 0.485. The summed E-state index contributed by atoms with van der Waals surface area (Å²) in [6.45, 7) is 10.0. The third-order valence-electron chi connectivity index (χ3n) is 7.99. The predicted octanol–water partition coefficient (Wildman–Crippen LogP) is 7.15. The molecule has 0 radical (unpaired) electrons. The van der Waals surface area contributed by atoms with Crippen LogP contribution in [-0.4, -0.2) is 52.9 Å². The highest BCUT2D eigenvalue weighted by molar-refractivity contribution is 5.97. The van der Waals surface area contributed by atoms with Gasteiger partial charge < -0.3 is 19.7 Å². The number of nitrogens with zero attached hydrogens (tertiary/aromatic N) is 2. The van der Waals surface area contributed by atoms with Crippen molar-refractivity contribution in [3.8, 4) is 5.75 Å². The first-order chi connectivity index (χ1) is 20.1. The standard InChI is InChI=1S/C33H38F3N3O4/c1-20-6-8-24(42-19-23-11-15-39(23)30(41)43-31(3,4)5)18-26(20)29(40)38-32(13-14-32)27-16-22(10-12-33(34,35)36)17-28-25(27)9-7-21(2)37-28/h6-9,16-18,23H,10-15,19H2,1-5H3,(H,38,40)/t23-/m0/s1. The number of carbonyl (C=O) groups is 2. The van der Waals surface area contributed by atoms with Crippen molar-refractivity contribution in [3.05, 3.63) is 70.4 Å². The fourth-order valence-corrected chi connectivity index (χ4v) is 5.40. The van der Waals surface area contributed by atoms with E-state index < -0.39 is 23.7 Å². The molecule has 10 heteroatoms. The molecule has 2 heterocycles. The Hall–Kier alpha value is -3.82. The van der Waals surface area contributed by atoms with Gasteiger partial charge in [0, 0.05) is 29.6 Å². The Balaban J connectivity index is 1.32. The van der Waals surface area contributed by atoms with E-state index in [9.17, 15) is 22.8 Å². The zero-order chi connectivity index (χ0) is 31.2. The number of carbonyl (C=O) groups excluding carboxylic acids is 2. The number of benzene rings is 2. The molecule has 3 aromatic rings. The molecule has 0 spiro atoms. The highest BCUT2D eigenvalue weighted by atomic mass is 19.4. The minimum atomic E-state index is -4.27. The van der Waals surface area contributed by atoms with Gasteiger partial charge in [-0.2, -0.15) is 13.2 Å². The Morgan fingerprint density at radius 2 is 1.81 bits per heavy atom. The van der Waals surface area contributed by atoms with Crippen molar-refractivity contribution in [1.29, 1.82) is 0 Å². The van der Waals surface area contributed by atoms with E-state index in [0.29, 0.717) is 41.8 Å². The lowest BCUT2D eigenvalue weighted by Gasteiger charge is -2.41. The van der Waals surface area contributed by atoms with Gasteiger partial charge in [-0.15, -0.1) is 0 Å². The zero-order valence-electron chi connectivity index (χ0n) is 25.2. The monoisotopic (exact) mass is 597 g/mol. The van der Waals surface area contributed by atoms with E-state index in [1.807, 2.05) is 52.8 Å². The number of hydrogen-bond donors (Lipinski definition) is 1. The number of nitrogens with one attached hydrogen (secondary N) is 1. The number of rotatable bonds is 8. The summed E-state index contributed by atoms with van der Waals surface area (Å²) in [4.78, 5) is 32.3. The van der Waals surface area contributed by atoms with Crippen molar-refractivity contribution in [2.45, 2.75) is 90.1 Å². The predicted molar refractivity (Wildman–Crippen MR) is 157 cm³/mol. The van der Waals surface area contributed by atoms with Gasteiger partial charge in [0.1, 0.15) is 18.0 Å². The average molecular weight is 598 g/mol. The van der Waals surface area contributed by atoms with Gasteiger partial charge in [0.2, 0.25) is 0 Å².